The molecule has 54 valence electrons. The van der Waals surface area contributed by atoms with Crippen molar-refractivity contribution in [2.24, 2.45) is 5.73 Å². The van der Waals surface area contributed by atoms with Crippen LogP contribution in [0.15, 0.2) is 23.9 Å². The molecule has 0 fully saturated rings. The van der Waals surface area contributed by atoms with Gasteiger partial charge in [-0.15, -0.1) is 0 Å². The van der Waals surface area contributed by atoms with Gasteiger partial charge in [0.1, 0.15) is 12.0 Å². The Hall–Kier alpha value is -1.58. The van der Waals surface area contributed by atoms with E-state index in [9.17, 15) is 9.59 Å². The van der Waals surface area contributed by atoms with E-state index in [0.29, 0.717) is 6.29 Å². The number of nitrogens with two attached hydrogens (primary N) is 1. The molecule has 0 aliphatic carbocycles. The largest absolute Gasteiger partial charge is 0.477 e. The van der Waals surface area contributed by atoms with Crippen LogP contribution in [0.3, 0.4) is 0 Å². The second kappa shape index (κ2) is 4.31. The van der Waals surface area contributed by atoms with Crippen molar-refractivity contribution >= 4 is 12.3 Å². The highest BCUT2D eigenvalue weighted by molar-refractivity contribution is 5.85. The van der Waals surface area contributed by atoms with Crippen molar-refractivity contribution in [3.05, 3.63) is 23.9 Å². The Morgan fingerprint density at radius 2 is 2.00 bits per heavy atom. The van der Waals surface area contributed by atoms with Gasteiger partial charge >= 0.3 is 5.97 Å². The van der Waals surface area contributed by atoms with Crippen LogP contribution in [-0.2, 0) is 9.59 Å². The van der Waals surface area contributed by atoms with E-state index in [1.54, 1.807) is 0 Å². The standard InChI is InChI=1S/C6H7NO3/c7-5(6(9)10)3-1-2-4-8/h1-4H,7H2,(H,9,10)/b2-1+,5-3+. The van der Waals surface area contributed by atoms with E-state index in [2.05, 4.69) is 0 Å². The number of carboxylic acid groups (broad SMARTS) is 1. The van der Waals surface area contributed by atoms with Crippen molar-refractivity contribution in [1.82, 2.24) is 0 Å². The summed E-state index contributed by atoms with van der Waals surface area (Å²) in [6.45, 7) is 0. The molecule has 10 heavy (non-hydrogen) atoms. The molecule has 0 aliphatic heterocycles. The van der Waals surface area contributed by atoms with Crippen molar-refractivity contribution in [3.63, 3.8) is 0 Å². The molecule has 0 bridgehead atoms. The Morgan fingerprint density at radius 1 is 1.40 bits per heavy atom. The molecule has 0 unspecified atom stereocenters. The summed E-state index contributed by atoms with van der Waals surface area (Å²) in [5.74, 6) is -1.20. The van der Waals surface area contributed by atoms with Gasteiger partial charge in [-0.05, 0) is 12.2 Å². The molecule has 4 heteroatoms. The minimum Gasteiger partial charge on any atom is -0.477 e. The molecule has 0 aromatic rings. The molecule has 0 heterocycles. The van der Waals surface area contributed by atoms with Gasteiger partial charge in [-0.3, -0.25) is 4.79 Å². The predicted octanol–water partition coefficient (Wildman–Crippen LogP) is -0.331. The minimum atomic E-state index is -1.20. The lowest BCUT2D eigenvalue weighted by atomic mass is 10.4. The quantitative estimate of drug-likeness (QED) is 0.320. The maximum absolute atomic E-state index is 9.98. The Balaban J connectivity index is 4.04. The number of hydrogen-bond acceptors (Lipinski definition) is 3. The number of allylic oxidation sites excluding steroid dienone is 3. The van der Waals surface area contributed by atoms with Gasteiger partial charge in [0.2, 0.25) is 0 Å². The number of rotatable bonds is 3. The molecule has 0 aromatic carbocycles. The molecule has 0 saturated heterocycles. The highest BCUT2D eigenvalue weighted by Gasteiger charge is 1.95. The van der Waals surface area contributed by atoms with Crippen LogP contribution in [0.1, 0.15) is 0 Å². The van der Waals surface area contributed by atoms with E-state index in [1.807, 2.05) is 0 Å². The summed E-state index contributed by atoms with van der Waals surface area (Å²) in [5.41, 5.74) is 4.66. The fourth-order valence-corrected chi connectivity index (χ4v) is 0.276. The molecule has 0 rings (SSSR count). The molecule has 0 atom stereocenters. The van der Waals surface area contributed by atoms with Gasteiger partial charge in [-0.25, -0.2) is 4.79 Å². The van der Waals surface area contributed by atoms with Gasteiger partial charge in [0.05, 0.1) is 0 Å². The smallest absolute Gasteiger partial charge is 0.351 e. The third-order valence-electron chi connectivity index (χ3n) is 0.712. The molecular weight excluding hydrogens is 134 g/mol. The van der Waals surface area contributed by atoms with Crippen molar-refractivity contribution in [1.29, 1.82) is 0 Å². The van der Waals surface area contributed by atoms with E-state index in [-0.39, 0.29) is 5.70 Å². The molecule has 4 nitrogen and oxygen atoms in total. The Kier molecular flexibility index (Phi) is 3.63. The molecule has 3 N–H and O–H groups in total. The van der Waals surface area contributed by atoms with Crippen molar-refractivity contribution in [2.75, 3.05) is 0 Å². The number of aldehydes is 1. The zero-order chi connectivity index (χ0) is 7.98. The minimum absolute atomic E-state index is 0.293. The van der Waals surface area contributed by atoms with E-state index in [1.165, 1.54) is 6.08 Å². The van der Waals surface area contributed by atoms with E-state index < -0.39 is 5.97 Å². The SMILES string of the molecule is N/C(=C/C=C/C=O)C(=O)O. The van der Waals surface area contributed by atoms with Crippen molar-refractivity contribution in [2.45, 2.75) is 0 Å². The summed E-state index contributed by atoms with van der Waals surface area (Å²) in [4.78, 5) is 19.6. The third kappa shape index (κ3) is 3.43. The van der Waals surface area contributed by atoms with E-state index in [0.717, 1.165) is 12.2 Å². The van der Waals surface area contributed by atoms with Gasteiger partial charge in [0, 0.05) is 0 Å². The van der Waals surface area contributed by atoms with Crippen molar-refractivity contribution < 1.29 is 14.7 Å². The Bertz CT molecular complexity index is 193. The number of carboxylic acids is 1. The monoisotopic (exact) mass is 141 g/mol. The first-order chi connectivity index (χ1) is 4.68. The van der Waals surface area contributed by atoms with Gasteiger partial charge in [0.25, 0.3) is 0 Å². The average Bonchev–Trinajstić information content (AvgIpc) is 1.88. The van der Waals surface area contributed by atoms with Crippen molar-refractivity contribution in [3.8, 4) is 0 Å². The first-order valence-corrected chi connectivity index (χ1v) is 2.49. The predicted molar refractivity (Wildman–Crippen MR) is 35.1 cm³/mol. The number of carbonyl (C=O) groups excluding carboxylic acids is 1. The van der Waals surface area contributed by atoms with Gasteiger partial charge in [-0.2, -0.15) is 0 Å². The maximum atomic E-state index is 9.98. The lowest BCUT2D eigenvalue weighted by Gasteiger charge is -1.86. The van der Waals surface area contributed by atoms with E-state index >= 15 is 0 Å². The Morgan fingerprint density at radius 3 is 2.40 bits per heavy atom. The van der Waals surface area contributed by atoms with Crippen LogP contribution >= 0.6 is 0 Å². The second-order valence-electron chi connectivity index (χ2n) is 1.45. The van der Waals surface area contributed by atoms with Crippen LogP contribution in [-0.4, -0.2) is 17.4 Å². The normalized spacial score (nSPS) is 11.8. The van der Waals surface area contributed by atoms with Crippen LogP contribution in [0.25, 0.3) is 0 Å². The fourth-order valence-electron chi connectivity index (χ4n) is 0.276. The highest BCUT2D eigenvalue weighted by Crippen LogP contribution is 1.83. The Labute approximate surface area is 57.6 Å². The molecule has 0 aromatic heterocycles. The first-order valence-electron chi connectivity index (χ1n) is 2.49. The van der Waals surface area contributed by atoms with Gasteiger partial charge < -0.3 is 10.8 Å². The fraction of sp³-hybridized carbons (Fsp3) is 0. The first kappa shape index (κ1) is 8.42. The average molecular weight is 141 g/mol. The van der Waals surface area contributed by atoms with Gasteiger partial charge in [0.15, 0.2) is 0 Å². The summed E-state index contributed by atoms with van der Waals surface area (Å²) < 4.78 is 0. The molecule has 0 spiro atoms. The highest BCUT2D eigenvalue weighted by atomic mass is 16.4. The summed E-state index contributed by atoms with van der Waals surface area (Å²) in [6.07, 6.45) is 4.08. The van der Waals surface area contributed by atoms with E-state index in [4.69, 9.17) is 10.8 Å². The van der Waals surface area contributed by atoms with Crippen LogP contribution in [0.5, 0.6) is 0 Å². The summed E-state index contributed by atoms with van der Waals surface area (Å²) >= 11 is 0. The zero-order valence-electron chi connectivity index (χ0n) is 5.15. The number of hydrogen-bond donors (Lipinski definition) is 2. The summed E-state index contributed by atoms with van der Waals surface area (Å²) in [6, 6.07) is 0. The molecule has 0 radical (unpaired) electrons. The zero-order valence-corrected chi connectivity index (χ0v) is 5.15. The van der Waals surface area contributed by atoms with Crippen LogP contribution < -0.4 is 5.73 Å². The molecular formula is C6H7NO3. The third-order valence-corrected chi connectivity index (χ3v) is 0.712. The summed E-state index contributed by atoms with van der Waals surface area (Å²) in [5, 5.41) is 8.17. The second-order valence-corrected chi connectivity index (χ2v) is 1.45. The molecule has 0 aliphatic rings. The van der Waals surface area contributed by atoms with Gasteiger partial charge in [-0.1, -0.05) is 6.08 Å². The topological polar surface area (TPSA) is 80.4 Å². The van der Waals surface area contributed by atoms with Crippen LogP contribution in [0, 0.1) is 0 Å². The summed E-state index contributed by atoms with van der Waals surface area (Å²) in [7, 11) is 0. The molecule has 0 saturated carbocycles. The molecule has 0 amide bonds. The lowest BCUT2D eigenvalue weighted by Crippen LogP contribution is -2.08. The number of carbonyl (C=O) groups is 2. The van der Waals surface area contributed by atoms with Crippen LogP contribution in [0.2, 0.25) is 0 Å². The maximum Gasteiger partial charge on any atom is 0.351 e. The van der Waals surface area contributed by atoms with Crippen LogP contribution in [0.4, 0.5) is 0 Å². The lowest BCUT2D eigenvalue weighted by molar-refractivity contribution is -0.132. The number of aliphatic carboxylic acids is 1.